The van der Waals surface area contributed by atoms with Crippen LogP contribution in [0.5, 0.6) is 0 Å². The number of carbonyl (C=O) groups excluding carboxylic acids is 1. The van der Waals surface area contributed by atoms with Crippen molar-refractivity contribution in [1.82, 2.24) is 15.1 Å². The number of nitrogens with one attached hydrogen (secondary N) is 2. The minimum atomic E-state index is 0.0556. The molecule has 6 heteroatoms. The number of likely N-dealkylation sites (N-methyl/N-ethyl adjacent to an activating group) is 1. The number of benzene rings is 1. The molecule has 4 N–H and O–H groups in total. The molecule has 3 aliphatic rings. The van der Waals surface area contributed by atoms with Crippen LogP contribution in [0, 0.1) is 0 Å². The molecule has 2 heterocycles. The molecule has 4 rings (SSSR count). The van der Waals surface area contributed by atoms with Crippen molar-refractivity contribution in [2.24, 2.45) is 0 Å². The minimum absolute atomic E-state index is 0.0556. The molecule has 1 fully saturated rings. The van der Waals surface area contributed by atoms with E-state index in [1.807, 2.05) is 18.7 Å². The van der Waals surface area contributed by atoms with Crippen molar-refractivity contribution in [3.05, 3.63) is 23.3 Å². The summed E-state index contributed by atoms with van der Waals surface area (Å²) in [4.78, 5) is 16.8. The number of anilines is 2. The number of likely N-dealkylation sites (tertiary alicyclic amines) is 1. The van der Waals surface area contributed by atoms with Crippen LogP contribution in [0.2, 0.25) is 0 Å². The van der Waals surface area contributed by atoms with Gasteiger partial charge in [-0.1, -0.05) is 0 Å². The molecule has 1 aliphatic carbocycles. The van der Waals surface area contributed by atoms with Gasteiger partial charge in [0.25, 0.3) is 0 Å². The largest absolute Gasteiger partial charge is 0.399 e. The van der Waals surface area contributed by atoms with E-state index >= 15 is 0 Å². The van der Waals surface area contributed by atoms with Crippen molar-refractivity contribution in [3.63, 3.8) is 0 Å². The van der Waals surface area contributed by atoms with Gasteiger partial charge in [-0.2, -0.15) is 0 Å². The second-order valence-corrected chi connectivity index (χ2v) is 8.05. The third-order valence-corrected chi connectivity index (χ3v) is 6.56. The number of nitrogen functional groups attached to an aromatic ring is 1. The number of amides is 2. The lowest BCUT2D eigenvalue weighted by atomic mass is 9.69. The standard InChI is InChI=1S/C20H31N5O/c1-4-25(5-2)20(26)23-14-9-15-16-7-13(21)8-17-19(16)12(10-22-17)6-18(15)24(3)11-14/h7-8,12,14-15,18,22H,4-6,9-11,21H2,1-3H3,(H,23,26)/t12?,14-,15+,18+/m0/s1. The maximum atomic E-state index is 12.5. The van der Waals surface area contributed by atoms with E-state index in [4.69, 9.17) is 5.73 Å². The Kier molecular flexibility index (Phi) is 4.47. The highest BCUT2D eigenvalue weighted by molar-refractivity contribution is 5.74. The number of carbonyl (C=O) groups is 1. The van der Waals surface area contributed by atoms with E-state index in [0.717, 1.165) is 38.3 Å². The molecule has 0 spiro atoms. The molecule has 1 unspecified atom stereocenters. The van der Waals surface area contributed by atoms with E-state index in [1.54, 1.807) is 0 Å². The summed E-state index contributed by atoms with van der Waals surface area (Å²) < 4.78 is 0. The number of urea groups is 1. The summed E-state index contributed by atoms with van der Waals surface area (Å²) in [7, 11) is 2.20. The first-order chi connectivity index (χ1) is 12.5. The maximum Gasteiger partial charge on any atom is 0.317 e. The number of piperidine rings is 1. The van der Waals surface area contributed by atoms with Crippen LogP contribution in [0.1, 0.15) is 49.7 Å². The van der Waals surface area contributed by atoms with Crippen LogP contribution >= 0.6 is 0 Å². The zero-order valence-electron chi connectivity index (χ0n) is 16.1. The van der Waals surface area contributed by atoms with E-state index < -0.39 is 0 Å². The third-order valence-electron chi connectivity index (χ3n) is 6.56. The molecule has 4 atom stereocenters. The van der Waals surface area contributed by atoms with Gasteiger partial charge in [0.05, 0.1) is 0 Å². The summed E-state index contributed by atoms with van der Waals surface area (Å²) in [5, 5.41) is 6.82. The fourth-order valence-electron chi connectivity index (χ4n) is 5.32. The highest BCUT2D eigenvalue weighted by atomic mass is 16.2. The Labute approximate surface area is 156 Å². The van der Waals surface area contributed by atoms with Gasteiger partial charge in [-0.3, -0.25) is 0 Å². The van der Waals surface area contributed by atoms with E-state index in [9.17, 15) is 4.79 Å². The Bertz CT molecular complexity index is 702. The number of fused-ring (bicyclic) bond motifs is 2. The summed E-state index contributed by atoms with van der Waals surface area (Å²) in [6.07, 6.45) is 2.18. The lowest BCUT2D eigenvalue weighted by molar-refractivity contribution is 0.109. The number of nitrogens with two attached hydrogens (primary N) is 1. The third kappa shape index (κ3) is 2.80. The molecule has 142 valence electrons. The van der Waals surface area contributed by atoms with E-state index in [1.165, 1.54) is 23.2 Å². The van der Waals surface area contributed by atoms with Gasteiger partial charge in [0.1, 0.15) is 0 Å². The normalized spacial score (nSPS) is 29.5. The lowest BCUT2D eigenvalue weighted by Crippen LogP contribution is -2.56. The van der Waals surface area contributed by atoms with Gasteiger partial charge < -0.3 is 26.2 Å². The molecule has 0 bridgehead atoms. The Hall–Kier alpha value is -1.95. The SMILES string of the molecule is CCN(CC)C(=O)N[C@H]1C[C@@H]2c3cc(N)cc4c3C(CN4)C[C@H]2N(C)C1. The first kappa shape index (κ1) is 17.5. The van der Waals surface area contributed by atoms with Gasteiger partial charge in [0.2, 0.25) is 0 Å². The number of nitrogens with zero attached hydrogens (tertiary/aromatic N) is 2. The maximum absolute atomic E-state index is 12.5. The summed E-state index contributed by atoms with van der Waals surface area (Å²) in [6, 6.07) is 5.02. The summed E-state index contributed by atoms with van der Waals surface area (Å²) in [5.41, 5.74) is 11.1. The zero-order chi connectivity index (χ0) is 18.4. The average Bonchev–Trinajstić information content (AvgIpc) is 3.00. The van der Waals surface area contributed by atoms with Crippen LogP contribution in [0.3, 0.4) is 0 Å². The van der Waals surface area contributed by atoms with Crippen LogP contribution in [-0.4, -0.2) is 61.1 Å². The number of hydrogen-bond acceptors (Lipinski definition) is 4. The first-order valence-electron chi connectivity index (χ1n) is 9.94. The summed E-state index contributed by atoms with van der Waals surface area (Å²) >= 11 is 0. The molecule has 1 aromatic rings. The molecular weight excluding hydrogens is 326 g/mol. The van der Waals surface area contributed by atoms with E-state index in [2.05, 4.69) is 34.7 Å². The second-order valence-electron chi connectivity index (χ2n) is 8.05. The van der Waals surface area contributed by atoms with Gasteiger partial charge in [-0.05, 0) is 57.0 Å². The molecule has 0 radical (unpaired) electrons. The van der Waals surface area contributed by atoms with Crippen molar-refractivity contribution in [3.8, 4) is 0 Å². The minimum Gasteiger partial charge on any atom is -0.399 e. The number of hydrogen-bond donors (Lipinski definition) is 3. The summed E-state index contributed by atoms with van der Waals surface area (Å²) in [5.74, 6) is 1.02. The van der Waals surface area contributed by atoms with Crippen LogP contribution < -0.4 is 16.4 Å². The van der Waals surface area contributed by atoms with Gasteiger partial charge in [-0.15, -0.1) is 0 Å². The highest BCUT2D eigenvalue weighted by Gasteiger charge is 2.44. The molecule has 26 heavy (non-hydrogen) atoms. The van der Waals surface area contributed by atoms with Crippen LogP contribution in [0.15, 0.2) is 12.1 Å². The van der Waals surface area contributed by atoms with Crippen LogP contribution in [-0.2, 0) is 0 Å². The van der Waals surface area contributed by atoms with Crippen LogP contribution in [0.25, 0.3) is 0 Å². The fraction of sp³-hybridized carbons (Fsp3) is 0.650. The Morgan fingerprint density at radius 3 is 2.85 bits per heavy atom. The lowest BCUT2D eigenvalue weighted by Gasteiger charge is -2.47. The molecule has 1 saturated heterocycles. The molecule has 0 saturated carbocycles. The molecular formula is C20H31N5O. The Morgan fingerprint density at radius 1 is 1.35 bits per heavy atom. The first-order valence-corrected chi connectivity index (χ1v) is 9.94. The molecule has 2 aliphatic heterocycles. The highest BCUT2D eigenvalue weighted by Crippen LogP contribution is 2.50. The van der Waals surface area contributed by atoms with E-state index in [-0.39, 0.29) is 12.1 Å². The van der Waals surface area contributed by atoms with Crippen molar-refractivity contribution >= 4 is 17.4 Å². The predicted molar refractivity (Wildman–Crippen MR) is 106 cm³/mol. The van der Waals surface area contributed by atoms with Gasteiger partial charge in [-0.25, -0.2) is 4.79 Å². The molecule has 1 aromatic carbocycles. The van der Waals surface area contributed by atoms with Crippen LogP contribution in [0.4, 0.5) is 16.2 Å². The van der Waals surface area contributed by atoms with Gasteiger partial charge in [0.15, 0.2) is 0 Å². The predicted octanol–water partition coefficient (Wildman–Crippen LogP) is 2.39. The molecule has 2 amide bonds. The molecule has 0 aromatic heterocycles. The quantitative estimate of drug-likeness (QED) is 0.726. The summed E-state index contributed by atoms with van der Waals surface area (Å²) in [6.45, 7) is 7.47. The zero-order valence-corrected chi connectivity index (χ0v) is 16.1. The van der Waals surface area contributed by atoms with Crippen molar-refractivity contribution in [2.75, 3.05) is 44.3 Å². The fourth-order valence-corrected chi connectivity index (χ4v) is 5.32. The van der Waals surface area contributed by atoms with Crippen molar-refractivity contribution in [1.29, 1.82) is 0 Å². The Balaban J connectivity index is 1.59. The monoisotopic (exact) mass is 357 g/mol. The van der Waals surface area contributed by atoms with E-state index in [0.29, 0.717) is 17.9 Å². The van der Waals surface area contributed by atoms with Gasteiger partial charge >= 0.3 is 6.03 Å². The van der Waals surface area contributed by atoms with Crippen molar-refractivity contribution < 1.29 is 4.79 Å². The van der Waals surface area contributed by atoms with Gasteiger partial charge in [0, 0.05) is 61.5 Å². The topological polar surface area (TPSA) is 73.6 Å². The van der Waals surface area contributed by atoms with Crippen molar-refractivity contribution in [2.45, 2.75) is 50.6 Å². The average molecular weight is 358 g/mol. The smallest absolute Gasteiger partial charge is 0.317 e. The number of rotatable bonds is 3. The Morgan fingerprint density at radius 2 is 2.12 bits per heavy atom. The molecule has 6 nitrogen and oxygen atoms in total. The second kappa shape index (κ2) is 6.65.